The van der Waals surface area contributed by atoms with Crippen LogP contribution >= 0.6 is 0 Å². The van der Waals surface area contributed by atoms with Crippen molar-refractivity contribution in [3.05, 3.63) is 170 Å². The maximum atomic E-state index is 6.49. The maximum Gasteiger partial charge on any atom is 0.146 e. The molecule has 10 rings (SSSR count). The highest BCUT2D eigenvalue weighted by Crippen LogP contribution is 2.43. The molecular weight excluding hydrogens is 585 g/mol. The number of nitrogens with zero attached hydrogens (tertiary/aromatic N) is 2. The molecule has 10 aromatic rings. The molecule has 224 valence electrons. The van der Waals surface area contributed by atoms with Gasteiger partial charge in [0.15, 0.2) is 0 Å². The predicted molar refractivity (Wildman–Crippen MR) is 199 cm³/mol. The SMILES string of the molecule is c1ccc(-c2nc3c4ccccc4c4cc(-c5ccccc5-c5cccc6c5oc5ccccc56)ccc4n3c2-c2ccccc2)cc1. The molecule has 0 N–H and O–H groups in total. The van der Waals surface area contributed by atoms with Crippen LogP contribution in [-0.4, -0.2) is 9.38 Å². The first-order valence-corrected chi connectivity index (χ1v) is 16.3. The number of pyridine rings is 1. The number of aromatic nitrogens is 2. The summed E-state index contributed by atoms with van der Waals surface area (Å²) >= 11 is 0. The molecule has 0 unspecified atom stereocenters. The van der Waals surface area contributed by atoms with Crippen LogP contribution in [0.2, 0.25) is 0 Å². The van der Waals surface area contributed by atoms with E-state index in [2.05, 4.69) is 162 Å². The summed E-state index contributed by atoms with van der Waals surface area (Å²) in [6.07, 6.45) is 0. The van der Waals surface area contributed by atoms with Crippen LogP contribution in [0.4, 0.5) is 0 Å². The van der Waals surface area contributed by atoms with Crippen LogP contribution < -0.4 is 0 Å². The average Bonchev–Trinajstić information content (AvgIpc) is 3.76. The molecule has 0 fully saturated rings. The lowest BCUT2D eigenvalue weighted by molar-refractivity contribution is 0.670. The van der Waals surface area contributed by atoms with Crippen LogP contribution in [0, 0.1) is 0 Å². The number of hydrogen-bond acceptors (Lipinski definition) is 2. The van der Waals surface area contributed by atoms with Gasteiger partial charge in [-0.05, 0) is 40.3 Å². The van der Waals surface area contributed by atoms with E-state index in [0.717, 1.165) is 83.3 Å². The van der Waals surface area contributed by atoms with Gasteiger partial charge in [0.1, 0.15) is 16.8 Å². The Balaban J connectivity index is 1.27. The number of para-hydroxylation sites is 2. The monoisotopic (exact) mass is 612 g/mol. The normalized spacial score (nSPS) is 11.8. The van der Waals surface area contributed by atoms with Crippen LogP contribution in [-0.2, 0) is 0 Å². The molecule has 0 saturated carbocycles. The zero-order chi connectivity index (χ0) is 31.6. The summed E-state index contributed by atoms with van der Waals surface area (Å²) in [5.41, 5.74) is 12.8. The van der Waals surface area contributed by atoms with E-state index in [4.69, 9.17) is 9.40 Å². The molecule has 0 atom stereocenters. The molecule has 48 heavy (non-hydrogen) atoms. The topological polar surface area (TPSA) is 30.4 Å². The minimum absolute atomic E-state index is 0.906. The van der Waals surface area contributed by atoms with Crippen LogP contribution in [0.3, 0.4) is 0 Å². The first kappa shape index (κ1) is 26.7. The third-order valence-electron chi connectivity index (χ3n) is 9.60. The molecule has 0 spiro atoms. The quantitative estimate of drug-likeness (QED) is 0.185. The number of fused-ring (bicyclic) bond motifs is 9. The molecule has 0 radical (unpaired) electrons. The summed E-state index contributed by atoms with van der Waals surface area (Å²) < 4.78 is 8.85. The van der Waals surface area contributed by atoms with E-state index in [-0.39, 0.29) is 0 Å². The van der Waals surface area contributed by atoms with E-state index in [0.29, 0.717) is 0 Å². The smallest absolute Gasteiger partial charge is 0.146 e. The van der Waals surface area contributed by atoms with Crippen molar-refractivity contribution >= 4 is 49.3 Å². The van der Waals surface area contributed by atoms with Gasteiger partial charge in [-0.1, -0.05) is 152 Å². The summed E-state index contributed by atoms with van der Waals surface area (Å²) in [6.45, 7) is 0. The summed E-state index contributed by atoms with van der Waals surface area (Å²) in [6, 6.07) is 60.1. The van der Waals surface area contributed by atoms with Gasteiger partial charge in [0.2, 0.25) is 0 Å². The molecule has 7 aromatic carbocycles. The van der Waals surface area contributed by atoms with Gasteiger partial charge in [-0.15, -0.1) is 0 Å². The maximum absolute atomic E-state index is 6.49. The number of benzene rings is 7. The van der Waals surface area contributed by atoms with Gasteiger partial charge >= 0.3 is 0 Å². The minimum atomic E-state index is 0.906. The van der Waals surface area contributed by atoms with E-state index in [1.807, 2.05) is 12.1 Å². The fourth-order valence-corrected chi connectivity index (χ4v) is 7.45. The Hall–Kier alpha value is -6.45. The van der Waals surface area contributed by atoms with E-state index >= 15 is 0 Å². The first-order chi connectivity index (χ1) is 23.8. The Bertz CT molecular complexity index is 2830. The van der Waals surface area contributed by atoms with Crippen molar-refractivity contribution in [2.45, 2.75) is 0 Å². The Labute approximate surface area is 277 Å². The zero-order valence-electron chi connectivity index (χ0n) is 26.0. The average molecular weight is 613 g/mol. The van der Waals surface area contributed by atoms with Gasteiger partial charge < -0.3 is 4.42 Å². The number of rotatable bonds is 4. The lowest BCUT2D eigenvalue weighted by Gasteiger charge is -2.15. The van der Waals surface area contributed by atoms with E-state index < -0.39 is 0 Å². The molecule has 3 heteroatoms. The Morgan fingerprint density at radius 1 is 0.417 bits per heavy atom. The molecule has 0 aliphatic heterocycles. The van der Waals surface area contributed by atoms with Gasteiger partial charge in [-0.2, -0.15) is 0 Å². The minimum Gasteiger partial charge on any atom is -0.455 e. The van der Waals surface area contributed by atoms with E-state index in [9.17, 15) is 0 Å². The van der Waals surface area contributed by atoms with Crippen LogP contribution in [0.25, 0.3) is 94.0 Å². The third kappa shape index (κ3) is 3.98. The van der Waals surface area contributed by atoms with E-state index in [1.165, 1.54) is 10.8 Å². The van der Waals surface area contributed by atoms with Crippen molar-refractivity contribution in [2.24, 2.45) is 0 Å². The molecule has 3 heterocycles. The first-order valence-electron chi connectivity index (χ1n) is 16.3. The molecule has 3 aromatic heterocycles. The summed E-state index contributed by atoms with van der Waals surface area (Å²) in [4.78, 5) is 5.37. The van der Waals surface area contributed by atoms with Crippen LogP contribution in [0.5, 0.6) is 0 Å². The van der Waals surface area contributed by atoms with Crippen molar-refractivity contribution in [1.29, 1.82) is 0 Å². The van der Waals surface area contributed by atoms with Gasteiger partial charge in [0, 0.05) is 38.2 Å². The Morgan fingerprint density at radius 3 is 1.85 bits per heavy atom. The van der Waals surface area contributed by atoms with E-state index in [1.54, 1.807) is 0 Å². The summed E-state index contributed by atoms with van der Waals surface area (Å²) in [7, 11) is 0. The second-order valence-corrected chi connectivity index (χ2v) is 12.3. The largest absolute Gasteiger partial charge is 0.455 e. The lowest BCUT2D eigenvalue weighted by Crippen LogP contribution is -1.95. The Morgan fingerprint density at radius 2 is 1.04 bits per heavy atom. The Kier molecular flexibility index (Phi) is 5.87. The zero-order valence-corrected chi connectivity index (χ0v) is 26.0. The van der Waals surface area contributed by atoms with Crippen molar-refractivity contribution in [1.82, 2.24) is 9.38 Å². The van der Waals surface area contributed by atoms with Crippen molar-refractivity contribution in [2.75, 3.05) is 0 Å². The van der Waals surface area contributed by atoms with Crippen LogP contribution in [0.15, 0.2) is 174 Å². The van der Waals surface area contributed by atoms with Gasteiger partial charge in [-0.3, -0.25) is 4.40 Å². The molecular formula is C45H28N2O. The van der Waals surface area contributed by atoms with Crippen molar-refractivity contribution < 1.29 is 4.42 Å². The highest BCUT2D eigenvalue weighted by Gasteiger charge is 2.21. The van der Waals surface area contributed by atoms with Crippen molar-refractivity contribution in [3.8, 4) is 44.8 Å². The molecule has 0 aliphatic rings. The second kappa shape index (κ2) is 10.5. The summed E-state index contributed by atoms with van der Waals surface area (Å²) in [5, 5.41) is 5.76. The predicted octanol–water partition coefficient (Wildman–Crippen LogP) is 12.2. The number of imidazole rings is 1. The molecule has 0 aliphatic carbocycles. The molecule has 0 amide bonds. The number of hydrogen-bond donors (Lipinski definition) is 0. The second-order valence-electron chi connectivity index (χ2n) is 12.3. The third-order valence-corrected chi connectivity index (χ3v) is 9.60. The fraction of sp³-hybridized carbons (Fsp3) is 0. The molecule has 0 saturated heterocycles. The fourth-order valence-electron chi connectivity index (χ4n) is 7.45. The highest BCUT2D eigenvalue weighted by molar-refractivity contribution is 6.15. The van der Waals surface area contributed by atoms with Gasteiger partial charge in [0.05, 0.1) is 16.9 Å². The highest BCUT2D eigenvalue weighted by atomic mass is 16.3. The lowest BCUT2D eigenvalue weighted by atomic mass is 9.92. The van der Waals surface area contributed by atoms with Gasteiger partial charge in [0.25, 0.3) is 0 Å². The van der Waals surface area contributed by atoms with Gasteiger partial charge in [-0.25, -0.2) is 4.98 Å². The van der Waals surface area contributed by atoms with Crippen LogP contribution in [0.1, 0.15) is 0 Å². The molecule has 0 bridgehead atoms. The van der Waals surface area contributed by atoms with Crippen molar-refractivity contribution in [3.63, 3.8) is 0 Å². The molecule has 3 nitrogen and oxygen atoms in total. The number of furan rings is 1. The summed E-state index contributed by atoms with van der Waals surface area (Å²) in [5.74, 6) is 0. The standard InChI is InChI=1S/C45H28N2O/c1-3-14-29(15-4-1)42-43(30-16-5-2-6-17-30)47-40-27-26-31(28-39(40)34-20-9-10-22-38(34)45(47)46-42)32-18-7-8-19-33(32)36-23-13-24-37-35-21-11-12-25-41(35)48-44(36)37/h1-28H.